The van der Waals surface area contributed by atoms with Gasteiger partial charge in [-0.25, -0.2) is 4.79 Å². The van der Waals surface area contributed by atoms with E-state index in [0.29, 0.717) is 5.69 Å². The molecule has 1 heterocycles. The molecule has 180 valence electrons. The Bertz CT molecular complexity index is 1460. The van der Waals surface area contributed by atoms with Crippen molar-refractivity contribution in [3.8, 4) is 0 Å². The van der Waals surface area contributed by atoms with Crippen molar-refractivity contribution in [3.63, 3.8) is 0 Å². The van der Waals surface area contributed by atoms with Crippen molar-refractivity contribution in [3.05, 3.63) is 114 Å². The Morgan fingerprint density at radius 2 is 1.64 bits per heavy atom. The van der Waals surface area contributed by atoms with Gasteiger partial charge >= 0.3 is 5.97 Å². The number of allylic oxidation sites excluding steroid dienone is 1. The molecule has 0 spiro atoms. The average molecular weight is 480 g/mol. The van der Waals surface area contributed by atoms with Gasteiger partial charge in [0.25, 0.3) is 5.91 Å². The zero-order valence-corrected chi connectivity index (χ0v) is 19.9. The number of pyridine rings is 1. The van der Waals surface area contributed by atoms with Gasteiger partial charge in [-0.1, -0.05) is 42.5 Å². The quantitative estimate of drug-likeness (QED) is 0.287. The number of hydrogen-bond acceptors (Lipinski definition) is 5. The number of amides is 2. The van der Waals surface area contributed by atoms with Gasteiger partial charge in [0.05, 0.1) is 30.6 Å². The number of aromatic nitrogens is 1. The predicted octanol–water partition coefficient (Wildman–Crippen LogP) is 4.99. The maximum Gasteiger partial charge on any atom is 0.339 e. The zero-order chi connectivity index (χ0) is 25.5. The number of nitrogens with one attached hydrogen (secondary N) is 2. The molecule has 0 atom stereocenters. The average Bonchev–Trinajstić information content (AvgIpc) is 2.91. The molecule has 0 aliphatic rings. The molecule has 4 rings (SSSR count). The van der Waals surface area contributed by atoms with Crippen molar-refractivity contribution < 1.29 is 19.1 Å². The molecule has 36 heavy (non-hydrogen) atoms. The van der Waals surface area contributed by atoms with Crippen LogP contribution in [0.4, 0.5) is 5.69 Å². The van der Waals surface area contributed by atoms with Gasteiger partial charge in [0, 0.05) is 17.8 Å². The first-order chi connectivity index (χ1) is 17.4. The first kappa shape index (κ1) is 24.3. The van der Waals surface area contributed by atoms with Crippen LogP contribution in [-0.2, 0) is 16.1 Å². The Morgan fingerprint density at radius 1 is 0.889 bits per heavy atom. The molecule has 0 aliphatic heterocycles. The molecular weight excluding hydrogens is 454 g/mol. The summed E-state index contributed by atoms with van der Waals surface area (Å²) < 4.78 is 4.84. The summed E-state index contributed by atoms with van der Waals surface area (Å²) in [4.78, 5) is 42.0. The highest BCUT2D eigenvalue weighted by atomic mass is 16.5. The topological polar surface area (TPSA) is 97.4 Å². The summed E-state index contributed by atoms with van der Waals surface area (Å²) in [6.07, 6.45) is 3.10. The van der Waals surface area contributed by atoms with Crippen LogP contribution in [-0.4, -0.2) is 29.9 Å². The molecule has 0 fully saturated rings. The number of esters is 1. The molecule has 4 aromatic rings. The van der Waals surface area contributed by atoms with Gasteiger partial charge < -0.3 is 15.4 Å². The third-order valence-electron chi connectivity index (χ3n) is 5.65. The first-order valence-electron chi connectivity index (χ1n) is 11.3. The first-order valence-corrected chi connectivity index (χ1v) is 11.3. The summed E-state index contributed by atoms with van der Waals surface area (Å²) in [5, 5.41) is 7.69. The SMILES string of the molecule is COC(=O)c1ccc(C(=O)NCc2ccccn2)cc1NC(=O)/C=C(/C)c1ccc2ccccc2c1. The number of hydrogen-bond donors (Lipinski definition) is 2. The number of rotatable bonds is 7. The number of methoxy groups -OCH3 is 1. The standard InChI is InChI=1S/C29H25N3O4/c1-19(21-11-10-20-7-3-4-8-22(20)16-21)15-27(33)32-26-17-23(12-13-25(26)29(35)36-2)28(34)31-18-24-9-5-6-14-30-24/h3-17H,18H2,1-2H3,(H,31,34)(H,32,33)/b19-15-. The van der Waals surface area contributed by atoms with Crippen LogP contribution in [0.25, 0.3) is 16.3 Å². The summed E-state index contributed by atoms with van der Waals surface area (Å²) in [5.41, 5.74) is 2.97. The van der Waals surface area contributed by atoms with E-state index in [1.807, 2.05) is 55.5 Å². The summed E-state index contributed by atoms with van der Waals surface area (Å²) in [7, 11) is 1.26. The Kier molecular flexibility index (Phi) is 7.51. The molecule has 0 saturated heterocycles. The second kappa shape index (κ2) is 11.1. The maximum atomic E-state index is 12.9. The van der Waals surface area contributed by atoms with E-state index in [9.17, 15) is 14.4 Å². The lowest BCUT2D eigenvalue weighted by molar-refractivity contribution is -0.111. The highest BCUT2D eigenvalue weighted by Crippen LogP contribution is 2.23. The molecule has 0 radical (unpaired) electrons. The third kappa shape index (κ3) is 5.82. The van der Waals surface area contributed by atoms with Gasteiger partial charge in [-0.3, -0.25) is 14.6 Å². The van der Waals surface area contributed by atoms with Crippen LogP contribution < -0.4 is 10.6 Å². The summed E-state index contributed by atoms with van der Waals surface area (Å²) >= 11 is 0. The van der Waals surface area contributed by atoms with E-state index in [0.717, 1.165) is 21.9 Å². The van der Waals surface area contributed by atoms with Crippen molar-refractivity contribution >= 4 is 39.8 Å². The fraction of sp³-hybridized carbons (Fsp3) is 0.103. The van der Waals surface area contributed by atoms with Crippen molar-refractivity contribution in [1.29, 1.82) is 0 Å². The second-order valence-corrected chi connectivity index (χ2v) is 8.13. The molecule has 3 aromatic carbocycles. The zero-order valence-electron chi connectivity index (χ0n) is 19.9. The van der Waals surface area contributed by atoms with Gasteiger partial charge in [0.2, 0.25) is 5.91 Å². The van der Waals surface area contributed by atoms with E-state index >= 15 is 0 Å². The Balaban J connectivity index is 1.54. The number of nitrogens with zero attached hydrogens (tertiary/aromatic N) is 1. The monoisotopic (exact) mass is 479 g/mol. The lowest BCUT2D eigenvalue weighted by Gasteiger charge is -2.12. The normalized spacial score (nSPS) is 11.1. The molecule has 2 amide bonds. The molecule has 0 bridgehead atoms. The van der Waals surface area contributed by atoms with E-state index in [2.05, 4.69) is 15.6 Å². The molecule has 7 nitrogen and oxygen atoms in total. The van der Waals surface area contributed by atoms with Crippen LogP contribution in [0, 0.1) is 0 Å². The van der Waals surface area contributed by atoms with E-state index in [4.69, 9.17) is 4.74 Å². The molecule has 0 aliphatic carbocycles. The summed E-state index contributed by atoms with van der Waals surface area (Å²) in [6, 6.07) is 23.8. The lowest BCUT2D eigenvalue weighted by Crippen LogP contribution is -2.24. The van der Waals surface area contributed by atoms with Gasteiger partial charge in [-0.15, -0.1) is 0 Å². The number of fused-ring (bicyclic) bond motifs is 1. The van der Waals surface area contributed by atoms with Gasteiger partial charge in [-0.05, 0) is 65.2 Å². The maximum absolute atomic E-state index is 12.9. The van der Waals surface area contributed by atoms with Gasteiger partial charge in [0.1, 0.15) is 0 Å². The van der Waals surface area contributed by atoms with Gasteiger partial charge in [0.15, 0.2) is 0 Å². The van der Waals surface area contributed by atoms with Gasteiger partial charge in [-0.2, -0.15) is 0 Å². The van der Waals surface area contributed by atoms with E-state index < -0.39 is 11.9 Å². The van der Waals surface area contributed by atoms with Crippen molar-refractivity contribution in [2.75, 3.05) is 12.4 Å². The number of benzene rings is 3. The number of carbonyl (C=O) groups excluding carboxylic acids is 3. The summed E-state index contributed by atoms with van der Waals surface area (Å²) in [5.74, 6) is -1.42. The molecule has 0 unspecified atom stereocenters. The van der Waals surface area contributed by atoms with Crippen LogP contribution in [0.1, 0.15) is 38.9 Å². The molecule has 2 N–H and O–H groups in total. The van der Waals surface area contributed by atoms with Crippen LogP contribution in [0.3, 0.4) is 0 Å². The smallest absolute Gasteiger partial charge is 0.339 e. The van der Waals surface area contributed by atoms with E-state index in [1.165, 1.54) is 31.4 Å². The van der Waals surface area contributed by atoms with Crippen molar-refractivity contribution in [2.24, 2.45) is 0 Å². The van der Waals surface area contributed by atoms with Crippen LogP contribution in [0.15, 0.2) is 91.1 Å². The van der Waals surface area contributed by atoms with Crippen LogP contribution >= 0.6 is 0 Å². The predicted molar refractivity (Wildman–Crippen MR) is 139 cm³/mol. The molecular formula is C29H25N3O4. The third-order valence-corrected chi connectivity index (χ3v) is 5.65. The summed E-state index contributed by atoms with van der Waals surface area (Å²) in [6.45, 7) is 2.08. The fourth-order valence-corrected chi connectivity index (χ4v) is 3.74. The van der Waals surface area contributed by atoms with E-state index in [1.54, 1.807) is 18.3 Å². The Hall–Kier alpha value is -4.78. The number of carbonyl (C=O) groups is 3. The minimum absolute atomic E-state index is 0.142. The fourth-order valence-electron chi connectivity index (χ4n) is 3.74. The molecule has 1 aromatic heterocycles. The van der Waals surface area contributed by atoms with E-state index in [-0.39, 0.29) is 29.3 Å². The Labute approximate surface area is 208 Å². The highest BCUT2D eigenvalue weighted by molar-refractivity contribution is 6.09. The van der Waals surface area contributed by atoms with Crippen molar-refractivity contribution in [1.82, 2.24) is 10.3 Å². The molecule has 0 saturated carbocycles. The van der Waals surface area contributed by atoms with Crippen LogP contribution in [0.5, 0.6) is 0 Å². The highest BCUT2D eigenvalue weighted by Gasteiger charge is 2.17. The largest absolute Gasteiger partial charge is 0.465 e. The minimum Gasteiger partial charge on any atom is -0.465 e. The number of ether oxygens (including phenoxy) is 1. The van der Waals surface area contributed by atoms with Crippen LogP contribution in [0.2, 0.25) is 0 Å². The van der Waals surface area contributed by atoms with Crippen molar-refractivity contribution in [2.45, 2.75) is 13.5 Å². The Morgan fingerprint density at radius 3 is 2.39 bits per heavy atom. The second-order valence-electron chi connectivity index (χ2n) is 8.13. The number of anilines is 1. The minimum atomic E-state index is -0.624. The lowest BCUT2D eigenvalue weighted by atomic mass is 10.0. The molecule has 7 heteroatoms.